The summed E-state index contributed by atoms with van der Waals surface area (Å²) in [5.41, 5.74) is 1.03. The number of anilines is 1. The van der Waals surface area contributed by atoms with Crippen molar-refractivity contribution in [3.8, 4) is 5.75 Å². The zero-order valence-corrected chi connectivity index (χ0v) is 16.1. The highest BCUT2D eigenvalue weighted by atomic mass is 32.2. The predicted octanol–water partition coefficient (Wildman–Crippen LogP) is 1.16. The molecule has 0 aromatic heterocycles. The van der Waals surface area contributed by atoms with Gasteiger partial charge in [-0.3, -0.25) is 4.79 Å². The number of methoxy groups -OCH3 is 1. The lowest BCUT2D eigenvalue weighted by atomic mass is 10.2. The number of piperazine rings is 1. The molecule has 144 valence electrons. The molecule has 3 rings (SSSR count). The topological polar surface area (TPSA) is 70.2 Å². The van der Waals surface area contributed by atoms with Crippen LogP contribution in [-0.2, 0) is 14.8 Å². The molecule has 2 aliphatic rings. The van der Waals surface area contributed by atoms with Gasteiger partial charge in [0.15, 0.2) is 0 Å². The Balaban J connectivity index is 1.50. The zero-order valence-electron chi connectivity index (χ0n) is 15.3. The Morgan fingerprint density at radius 3 is 2.35 bits per heavy atom. The SMILES string of the molecule is COc1ccccc1N1CCN(C(=O)CCS(=O)(=O)N2CCCC2)CC1. The number of hydrogen-bond donors (Lipinski definition) is 0. The Labute approximate surface area is 155 Å². The molecule has 7 nitrogen and oxygen atoms in total. The minimum absolute atomic E-state index is 0.0630. The van der Waals surface area contributed by atoms with E-state index in [-0.39, 0.29) is 18.1 Å². The van der Waals surface area contributed by atoms with Crippen molar-refractivity contribution in [3.05, 3.63) is 24.3 Å². The van der Waals surface area contributed by atoms with Crippen LogP contribution in [0.2, 0.25) is 0 Å². The van der Waals surface area contributed by atoms with Gasteiger partial charge in [0.2, 0.25) is 15.9 Å². The second kappa shape index (κ2) is 8.26. The third-order valence-electron chi connectivity index (χ3n) is 5.09. The van der Waals surface area contributed by atoms with E-state index in [0.29, 0.717) is 39.3 Å². The van der Waals surface area contributed by atoms with Crippen LogP contribution in [0.3, 0.4) is 0 Å². The van der Waals surface area contributed by atoms with Gasteiger partial charge < -0.3 is 14.5 Å². The molecule has 0 radical (unpaired) electrons. The fourth-order valence-corrected chi connectivity index (χ4v) is 5.06. The van der Waals surface area contributed by atoms with Gasteiger partial charge in [0.25, 0.3) is 0 Å². The predicted molar refractivity (Wildman–Crippen MR) is 101 cm³/mol. The molecule has 0 unspecified atom stereocenters. The average Bonchev–Trinajstić information content (AvgIpc) is 3.22. The number of amides is 1. The van der Waals surface area contributed by atoms with Crippen molar-refractivity contribution in [1.29, 1.82) is 0 Å². The van der Waals surface area contributed by atoms with Crippen LogP contribution < -0.4 is 9.64 Å². The van der Waals surface area contributed by atoms with Crippen LogP contribution in [0.15, 0.2) is 24.3 Å². The van der Waals surface area contributed by atoms with Crippen LogP contribution in [0.25, 0.3) is 0 Å². The summed E-state index contributed by atoms with van der Waals surface area (Å²) in [5.74, 6) is 0.662. The van der Waals surface area contributed by atoms with Crippen molar-refractivity contribution in [1.82, 2.24) is 9.21 Å². The van der Waals surface area contributed by atoms with Crippen molar-refractivity contribution >= 4 is 21.6 Å². The molecule has 0 spiro atoms. The van der Waals surface area contributed by atoms with Crippen molar-refractivity contribution < 1.29 is 17.9 Å². The molecule has 1 amide bonds. The molecule has 2 aliphatic heterocycles. The maximum absolute atomic E-state index is 12.4. The zero-order chi connectivity index (χ0) is 18.6. The molecule has 0 bridgehead atoms. The highest BCUT2D eigenvalue weighted by molar-refractivity contribution is 7.89. The van der Waals surface area contributed by atoms with Crippen molar-refractivity contribution in [2.24, 2.45) is 0 Å². The number of sulfonamides is 1. The van der Waals surface area contributed by atoms with E-state index in [9.17, 15) is 13.2 Å². The first-order chi connectivity index (χ1) is 12.5. The van der Waals surface area contributed by atoms with E-state index in [1.807, 2.05) is 24.3 Å². The van der Waals surface area contributed by atoms with Crippen molar-refractivity contribution in [3.63, 3.8) is 0 Å². The summed E-state index contributed by atoms with van der Waals surface area (Å²) in [4.78, 5) is 16.4. The summed E-state index contributed by atoms with van der Waals surface area (Å²) in [6.45, 7) is 3.81. The lowest BCUT2D eigenvalue weighted by molar-refractivity contribution is -0.131. The van der Waals surface area contributed by atoms with Crippen molar-refractivity contribution in [2.45, 2.75) is 19.3 Å². The van der Waals surface area contributed by atoms with Crippen LogP contribution in [0, 0.1) is 0 Å². The number of carbonyl (C=O) groups excluding carboxylic acids is 1. The molecule has 1 aromatic carbocycles. The third kappa shape index (κ3) is 4.29. The quantitative estimate of drug-likeness (QED) is 0.740. The molecule has 0 N–H and O–H groups in total. The second-order valence-electron chi connectivity index (χ2n) is 6.71. The van der Waals surface area contributed by atoms with Crippen molar-refractivity contribution in [2.75, 3.05) is 57.0 Å². The number of hydrogen-bond acceptors (Lipinski definition) is 5. The summed E-state index contributed by atoms with van der Waals surface area (Å²) >= 11 is 0. The Hall–Kier alpha value is -1.80. The van der Waals surface area contributed by atoms with Crippen LogP contribution in [0.4, 0.5) is 5.69 Å². The Morgan fingerprint density at radius 2 is 1.69 bits per heavy atom. The molecule has 1 aromatic rings. The highest BCUT2D eigenvalue weighted by Crippen LogP contribution is 2.28. The molecule has 8 heteroatoms. The Morgan fingerprint density at radius 1 is 1.04 bits per heavy atom. The Kier molecular flexibility index (Phi) is 6.03. The number of rotatable bonds is 6. The fraction of sp³-hybridized carbons (Fsp3) is 0.611. The van der Waals surface area contributed by atoms with Crippen LogP contribution in [-0.4, -0.2) is 75.7 Å². The maximum Gasteiger partial charge on any atom is 0.223 e. The molecule has 26 heavy (non-hydrogen) atoms. The van der Waals surface area contributed by atoms with Gasteiger partial charge in [-0.15, -0.1) is 0 Å². The maximum atomic E-state index is 12.4. The largest absolute Gasteiger partial charge is 0.495 e. The number of benzene rings is 1. The molecular weight excluding hydrogens is 354 g/mol. The highest BCUT2D eigenvalue weighted by Gasteiger charge is 2.28. The number of ether oxygens (including phenoxy) is 1. The molecule has 0 atom stereocenters. The number of carbonyl (C=O) groups is 1. The van der Waals surface area contributed by atoms with E-state index >= 15 is 0 Å². The standard InChI is InChI=1S/C18H27N3O4S/c1-25-17-7-3-2-6-16(17)19-11-13-20(14-12-19)18(22)8-15-26(23,24)21-9-4-5-10-21/h2-3,6-7H,4-5,8-15H2,1H3. The second-order valence-corrected chi connectivity index (χ2v) is 8.80. The first kappa shape index (κ1) is 19.0. The minimum Gasteiger partial charge on any atom is -0.495 e. The Bertz CT molecular complexity index is 724. The molecule has 2 fully saturated rings. The van der Waals surface area contributed by atoms with E-state index in [2.05, 4.69) is 4.90 Å². The lowest BCUT2D eigenvalue weighted by Crippen LogP contribution is -2.49. The van der Waals surface area contributed by atoms with E-state index < -0.39 is 10.0 Å². The van der Waals surface area contributed by atoms with Gasteiger partial charge in [-0.05, 0) is 25.0 Å². The van der Waals surface area contributed by atoms with E-state index in [1.54, 1.807) is 12.0 Å². The first-order valence-corrected chi connectivity index (χ1v) is 10.8. The summed E-state index contributed by atoms with van der Waals surface area (Å²) in [6.07, 6.45) is 1.89. The number of para-hydroxylation sites is 2. The summed E-state index contributed by atoms with van der Waals surface area (Å²) < 4.78 is 31.4. The van der Waals surface area contributed by atoms with Gasteiger partial charge in [-0.25, -0.2) is 12.7 Å². The fourth-order valence-electron chi connectivity index (χ4n) is 3.56. The lowest BCUT2D eigenvalue weighted by Gasteiger charge is -2.36. The van der Waals surface area contributed by atoms with E-state index in [4.69, 9.17) is 4.74 Å². The molecule has 0 saturated carbocycles. The van der Waals surface area contributed by atoms with Gasteiger partial charge in [0.05, 0.1) is 18.6 Å². The third-order valence-corrected chi connectivity index (χ3v) is 6.96. The van der Waals surface area contributed by atoms with Gasteiger partial charge in [-0.1, -0.05) is 12.1 Å². The molecule has 2 saturated heterocycles. The number of nitrogens with zero attached hydrogens (tertiary/aromatic N) is 3. The molecule has 0 aliphatic carbocycles. The normalized spacial score (nSPS) is 19.0. The molecule has 2 heterocycles. The summed E-state index contributed by atoms with van der Waals surface area (Å²) in [7, 11) is -1.65. The summed E-state index contributed by atoms with van der Waals surface area (Å²) in [5, 5.41) is 0. The average molecular weight is 381 g/mol. The van der Waals surface area contributed by atoms with E-state index in [1.165, 1.54) is 4.31 Å². The van der Waals surface area contributed by atoms with Crippen LogP contribution >= 0.6 is 0 Å². The first-order valence-electron chi connectivity index (χ1n) is 9.15. The minimum atomic E-state index is -3.30. The van der Waals surface area contributed by atoms with Gasteiger partial charge >= 0.3 is 0 Å². The summed E-state index contributed by atoms with van der Waals surface area (Å²) in [6, 6.07) is 7.84. The van der Waals surface area contributed by atoms with Gasteiger partial charge in [0.1, 0.15) is 5.75 Å². The van der Waals surface area contributed by atoms with Gasteiger partial charge in [-0.2, -0.15) is 0 Å². The molecular formula is C18H27N3O4S. The van der Waals surface area contributed by atoms with E-state index in [0.717, 1.165) is 24.3 Å². The van der Waals surface area contributed by atoms with Crippen LogP contribution in [0.5, 0.6) is 5.75 Å². The monoisotopic (exact) mass is 381 g/mol. The van der Waals surface area contributed by atoms with Crippen LogP contribution in [0.1, 0.15) is 19.3 Å². The smallest absolute Gasteiger partial charge is 0.223 e. The van der Waals surface area contributed by atoms with Gasteiger partial charge in [0, 0.05) is 45.7 Å².